The second-order valence-corrected chi connectivity index (χ2v) is 6.19. The number of nitrogens with two attached hydrogens (primary N) is 1. The van der Waals surface area contributed by atoms with Crippen molar-refractivity contribution in [2.24, 2.45) is 5.73 Å². The van der Waals surface area contributed by atoms with Crippen LogP contribution >= 0.6 is 15.9 Å². The fourth-order valence-electron chi connectivity index (χ4n) is 2.24. The summed E-state index contributed by atoms with van der Waals surface area (Å²) in [5.41, 5.74) is 6.59. The van der Waals surface area contributed by atoms with Gasteiger partial charge in [0.1, 0.15) is 4.47 Å². The highest BCUT2D eigenvalue weighted by Crippen LogP contribution is 2.24. The molecule has 112 valence electrons. The molecular formula is C13H21BrN4O2. The van der Waals surface area contributed by atoms with Crippen molar-refractivity contribution in [1.29, 1.82) is 0 Å². The van der Waals surface area contributed by atoms with Gasteiger partial charge in [-0.1, -0.05) is 0 Å². The van der Waals surface area contributed by atoms with E-state index >= 15 is 0 Å². The third-order valence-corrected chi connectivity index (χ3v) is 4.18. The number of morpholine rings is 1. The van der Waals surface area contributed by atoms with Crippen molar-refractivity contribution in [2.45, 2.75) is 39.0 Å². The molecule has 6 nitrogen and oxygen atoms in total. The molecule has 0 aliphatic carbocycles. The topological polar surface area (TPSA) is 73.4 Å². The predicted molar refractivity (Wildman–Crippen MR) is 82.2 cm³/mol. The first-order chi connectivity index (χ1) is 9.41. The van der Waals surface area contributed by atoms with Gasteiger partial charge >= 0.3 is 0 Å². The van der Waals surface area contributed by atoms with E-state index in [0.29, 0.717) is 17.6 Å². The third kappa shape index (κ3) is 3.05. The zero-order valence-corrected chi connectivity index (χ0v) is 13.6. The van der Waals surface area contributed by atoms with Crippen LogP contribution in [0.3, 0.4) is 0 Å². The second kappa shape index (κ2) is 6.24. The highest BCUT2D eigenvalue weighted by atomic mass is 79.9. The maximum atomic E-state index is 12.3. The van der Waals surface area contributed by atoms with Crippen LogP contribution in [0.25, 0.3) is 0 Å². The minimum atomic E-state index is -0.110. The SMILES string of the molecule is CC(N)C1CN(c2cnn(C(C)C)c(=O)c2Br)CCO1. The van der Waals surface area contributed by atoms with E-state index in [0.717, 1.165) is 12.2 Å². The molecule has 0 spiro atoms. The molecule has 1 saturated heterocycles. The highest BCUT2D eigenvalue weighted by Gasteiger charge is 2.26. The Hall–Kier alpha value is -0.920. The van der Waals surface area contributed by atoms with E-state index in [2.05, 4.69) is 25.9 Å². The van der Waals surface area contributed by atoms with Gasteiger partial charge in [0.2, 0.25) is 0 Å². The summed E-state index contributed by atoms with van der Waals surface area (Å²) in [6, 6.07) is -0.00470. The molecule has 0 bridgehead atoms. The molecule has 0 amide bonds. The summed E-state index contributed by atoms with van der Waals surface area (Å²) in [5, 5.41) is 4.24. The monoisotopic (exact) mass is 344 g/mol. The van der Waals surface area contributed by atoms with E-state index < -0.39 is 0 Å². The molecule has 2 heterocycles. The van der Waals surface area contributed by atoms with Crippen LogP contribution in [-0.2, 0) is 4.74 Å². The van der Waals surface area contributed by atoms with Crippen molar-refractivity contribution >= 4 is 21.6 Å². The molecule has 20 heavy (non-hydrogen) atoms. The lowest BCUT2D eigenvalue weighted by Gasteiger charge is -2.36. The Labute approximate surface area is 127 Å². The maximum absolute atomic E-state index is 12.3. The number of halogens is 1. The molecule has 2 rings (SSSR count). The largest absolute Gasteiger partial charge is 0.373 e. The summed E-state index contributed by atoms with van der Waals surface area (Å²) in [7, 11) is 0. The van der Waals surface area contributed by atoms with E-state index in [-0.39, 0.29) is 23.7 Å². The van der Waals surface area contributed by atoms with Gasteiger partial charge in [-0.3, -0.25) is 4.79 Å². The summed E-state index contributed by atoms with van der Waals surface area (Å²) in [6.07, 6.45) is 1.71. The van der Waals surface area contributed by atoms with Gasteiger partial charge < -0.3 is 15.4 Å². The Morgan fingerprint density at radius 3 is 2.80 bits per heavy atom. The Balaban J connectivity index is 2.29. The summed E-state index contributed by atoms with van der Waals surface area (Å²) >= 11 is 3.40. The molecule has 1 aliphatic heterocycles. The van der Waals surface area contributed by atoms with Gasteiger partial charge in [-0.05, 0) is 36.7 Å². The van der Waals surface area contributed by atoms with Crippen molar-refractivity contribution in [2.75, 3.05) is 24.6 Å². The Morgan fingerprint density at radius 2 is 2.20 bits per heavy atom. The number of ether oxygens (including phenoxy) is 1. The van der Waals surface area contributed by atoms with Crippen LogP contribution in [0, 0.1) is 0 Å². The molecule has 0 saturated carbocycles. The summed E-state index contributed by atoms with van der Waals surface area (Å²) in [4.78, 5) is 14.4. The first-order valence-electron chi connectivity index (χ1n) is 6.81. The number of anilines is 1. The van der Waals surface area contributed by atoms with E-state index in [1.54, 1.807) is 6.20 Å². The lowest BCUT2D eigenvalue weighted by Crippen LogP contribution is -2.50. The average Bonchev–Trinajstić information content (AvgIpc) is 2.41. The van der Waals surface area contributed by atoms with Gasteiger partial charge in [-0.25, -0.2) is 4.68 Å². The van der Waals surface area contributed by atoms with Gasteiger partial charge in [0.05, 0.1) is 30.6 Å². The minimum Gasteiger partial charge on any atom is -0.373 e. The predicted octanol–water partition coefficient (Wildman–Crippen LogP) is 1.14. The Bertz CT molecular complexity index is 530. The zero-order chi connectivity index (χ0) is 14.9. The zero-order valence-electron chi connectivity index (χ0n) is 12.0. The molecule has 1 aliphatic rings. The molecule has 0 radical (unpaired) electrons. The molecule has 1 aromatic rings. The standard InChI is InChI=1S/C13H21BrN4O2/c1-8(2)18-13(19)12(14)10(6-16-18)17-4-5-20-11(7-17)9(3)15/h6,8-9,11H,4-5,7,15H2,1-3H3. The number of nitrogens with zero attached hydrogens (tertiary/aromatic N) is 3. The van der Waals surface area contributed by atoms with E-state index in [1.165, 1.54) is 4.68 Å². The van der Waals surface area contributed by atoms with Gasteiger partial charge in [0.25, 0.3) is 5.56 Å². The molecule has 2 atom stereocenters. The number of rotatable bonds is 3. The van der Waals surface area contributed by atoms with Gasteiger partial charge in [0, 0.05) is 19.1 Å². The Kier molecular flexibility index (Phi) is 4.82. The molecule has 0 aromatic carbocycles. The van der Waals surface area contributed by atoms with Crippen LogP contribution in [0.15, 0.2) is 15.5 Å². The minimum absolute atomic E-state index is 0.0248. The van der Waals surface area contributed by atoms with Crippen LogP contribution in [0.4, 0.5) is 5.69 Å². The summed E-state index contributed by atoms with van der Waals surface area (Å²) in [6.45, 7) is 7.80. The first-order valence-corrected chi connectivity index (χ1v) is 7.60. The number of hydrogen-bond acceptors (Lipinski definition) is 5. The molecule has 7 heteroatoms. The lowest BCUT2D eigenvalue weighted by molar-refractivity contribution is 0.0275. The van der Waals surface area contributed by atoms with Crippen LogP contribution in [0.5, 0.6) is 0 Å². The number of aromatic nitrogens is 2. The molecule has 1 aromatic heterocycles. The fourth-order valence-corrected chi connectivity index (χ4v) is 2.77. The van der Waals surface area contributed by atoms with Crippen LogP contribution in [0.1, 0.15) is 26.8 Å². The van der Waals surface area contributed by atoms with E-state index in [9.17, 15) is 4.79 Å². The highest BCUT2D eigenvalue weighted by molar-refractivity contribution is 9.10. The molecule has 2 unspecified atom stereocenters. The quantitative estimate of drug-likeness (QED) is 0.889. The van der Waals surface area contributed by atoms with Crippen molar-refractivity contribution in [3.63, 3.8) is 0 Å². The van der Waals surface area contributed by atoms with Gasteiger partial charge in [-0.2, -0.15) is 5.10 Å². The van der Waals surface area contributed by atoms with Crippen molar-refractivity contribution in [3.8, 4) is 0 Å². The smallest absolute Gasteiger partial charge is 0.283 e. The first kappa shape index (κ1) is 15.5. The van der Waals surface area contributed by atoms with Gasteiger partial charge in [-0.15, -0.1) is 0 Å². The van der Waals surface area contributed by atoms with E-state index in [4.69, 9.17) is 10.5 Å². The normalized spacial score (nSPS) is 21.3. The van der Waals surface area contributed by atoms with Crippen molar-refractivity contribution < 1.29 is 4.74 Å². The van der Waals surface area contributed by atoms with Crippen LogP contribution < -0.4 is 16.2 Å². The maximum Gasteiger partial charge on any atom is 0.283 e. The average molecular weight is 345 g/mol. The van der Waals surface area contributed by atoms with Gasteiger partial charge in [0.15, 0.2) is 0 Å². The van der Waals surface area contributed by atoms with E-state index in [1.807, 2.05) is 20.8 Å². The van der Waals surface area contributed by atoms with Crippen molar-refractivity contribution in [3.05, 3.63) is 21.0 Å². The lowest BCUT2D eigenvalue weighted by atomic mass is 10.1. The molecule has 1 fully saturated rings. The van der Waals surface area contributed by atoms with Crippen LogP contribution in [-0.4, -0.2) is 41.6 Å². The van der Waals surface area contributed by atoms with Crippen molar-refractivity contribution in [1.82, 2.24) is 9.78 Å². The molecule has 2 N–H and O–H groups in total. The second-order valence-electron chi connectivity index (χ2n) is 5.40. The summed E-state index contributed by atoms with van der Waals surface area (Å²) in [5.74, 6) is 0. The summed E-state index contributed by atoms with van der Waals surface area (Å²) < 4.78 is 7.65. The Morgan fingerprint density at radius 1 is 1.50 bits per heavy atom. The van der Waals surface area contributed by atoms with Crippen LogP contribution in [0.2, 0.25) is 0 Å². The molecular weight excluding hydrogens is 324 g/mol. The number of hydrogen-bond donors (Lipinski definition) is 1. The third-order valence-electron chi connectivity index (χ3n) is 3.43. The fraction of sp³-hybridized carbons (Fsp3) is 0.692.